The lowest BCUT2D eigenvalue weighted by Gasteiger charge is -2.42. The summed E-state index contributed by atoms with van der Waals surface area (Å²) in [5, 5.41) is 0.130. The van der Waals surface area contributed by atoms with Gasteiger partial charge in [-0.05, 0) is 35.1 Å². The second-order valence-corrected chi connectivity index (χ2v) is 14.8. The quantitative estimate of drug-likeness (QED) is 0.460. The molecule has 2 aliphatic carbocycles. The van der Waals surface area contributed by atoms with Gasteiger partial charge in [0.2, 0.25) is 0 Å². The predicted octanol–water partition coefficient (Wildman–Crippen LogP) is 5.21. The van der Waals surface area contributed by atoms with E-state index in [9.17, 15) is 4.79 Å². The largest absolute Gasteiger partial charge is 0.465 e. The van der Waals surface area contributed by atoms with Crippen LogP contribution in [-0.4, -0.2) is 27.0 Å². The van der Waals surface area contributed by atoms with Crippen LogP contribution in [0.25, 0.3) is 0 Å². The van der Waals surface area contributed by atoms with Crippen LogP contribution in [0.1, 0.15) is 27.7 Å². The first-order chi connectivity index (χ1) is 11.4. The number of halogens is 1. The van der Waals surface area contributed by atoms with Crippen LogP contribution in [0.3, 0.4) is 0 Å². The maximum atomic E-state index is 12.3. The Morgan fingerprint density at radius 1 is 1.32 bits per heavy atom. The molecule has 5 heteroatoms. The molecule has 5 atom stereocenters. The molecule has 3 nitrogen and oxygen atoms in total. The van der Waals surface area contributed by atoms with Gasteiger partial charge < -0.3 is 9.16 Å². The van der Waals surface area contributed by atoms with Crippen molar-refractivity contribution in [1.82, 2.24) is 0 Å². The van der Waals surface area contributed by atoms with Crippen LogP contribution >= 0.6 is 15.9 Å². The smallest absolute Gasteiger partial charge is 0.310 e. The Kier molecular flexibility index (Phi) is 4.75. The first-order valence-electron chi connectivity index (χ1n) is 9.03. The van der Waals surface area contributed by atoms with E-state index >= 15 is 0 Å². The molecular formula is C20H29BrO3Si. The summed E-state index contributed by atoms with van der Waals surface area (Å²) in [6.45, 7) is 18.0. The van der Waals surface area contributed by atoms with Gasteiger partial charge in [0.05, 0.1) is 18.6 Å². The maximum Gasteiger partial charge on any atom is 0.310 e. The normalized spacial score (nSPS) is 34.8. The SMILES string of the molecule is C=C(C)C1=C[C@@H]2[C@H]3C(=O)OC[C@H]3C=C(Br)[C@H]2C1O[Si](C)(C)C(C)(C)C. The molecule has 0 radical (unpaired) electrons. The zero-order valence-corrected chi connectivity index (χ0v) is 18.6. The fourth-order valence-corrected chi connectivity index (χ4v) is 6.08. The third kappa shape index (κ3) is 3.13. The van der Waals surface area contributed by atoms with Crippen molar-refractivity contribution < 1.29 is 14.0 Å². The zero-order valence-electron chi connectivity index (χ0n) is 16.1. The van der Waals surface area contributed by atoms with Gasteiger partial charge in [-0.1, -0.05) is 61.0 Å². The van der Waals surface area contributed by atoms with E-state index in [0.717, 1.165) is 15.6 Å². The van der Waals surface area contributed by atoms with Crippen LogP contribution in [0.2, 0.25) is 18.1 Å². The number of esters is 1. The molecule has 3 aliphatic rings. The second kappa shape index (κ2) is 6.21. The van der Waals surface area contributed by atoms with Crippen LogP contribution in [0.5, 0.6) is 0 Å². The van der Waals surface area contributed by atoms with Crippen molar-refractivity contribution in [2.75, 3.05) is 6.61 Å². The highest BCUT2D eigenvalue weighted by molar-refractivity contribution is 9.11. The molecule has 1 fully saturated rings. The van der Waals surface area contributed by atoms with E-state index < -0.39 is 8.32 Å². The minimum Gasteiger partial charge on any atom is -0.465 e. The van der Waals surface area contributed by atoms with E-state index in [0.29, 0.717) is 6.61 Å². The number of hydrogen-bond acceptors (Lipinski definition) is 3. The first kappa shape index (κ1) is 19.1. The minimum atomic E-state index is -1.96. The zero-order chi connectivity index (χ0) is 18.7. The topological polar surface area (TPSA) is 35.5 Å². The number of ether oxygens (including phenoxy) is 1. The van der Waals surface area contributed by atoms with Gasteiger partial charge in [-0.2, -0.15) is 0 Å². The molecule has 0 aromatic rings. The van der Waals surface area contributed by atoms with E-state index in [2.05, 4.69) is 68.5 Å². The lowest BCUT2D eigenvalue weighted by Crippen LogP contribution is -2.47. The summed E-state index contributed by atoms with van der Waals surface area (Å²) in [5.74, 6) is 0.279. The third-order valence-electron chi connectivity index (χ3n) is 6.40. The second-order valence-electron chi connectivity index (χ2n) is 9.18. The molecule has 1 unspecified atom stereocenters. The molecule has 0 spiro atoms. The summed E-state index contributed by atoms with van der Waals surface area (Å²) in [6.07, 6.45) is 4.38. The number of fused-ring (bicyclic) bond motifs is 3. The third-order valence-corrected chi connectivity index (χ3v) is 11.6. The fourth-order valence-electron chi connectivity index (χ4n) is 3.94. The van der Waals surface area contributed by atoms with Gasteiger partial charge in [-0.3, -0.25) is 4.79 Å². The molecule has 138 valence electrons. The van der Waals surface area contributed by atoms with Crippen molar-refractivity contribution in [2.24, 2.45) is 23.7 Å². The Balaban J connectivity index is 2.01. The van der Waals surface area contributed by atoms with Crippen LogP contribution in [0, 0.1) is 23.7 Å². The van der Waals surface area contributed by atoms with Gasteiger partial charge in [-0.25, -0.2) is 0 Å². The average Bonchev–Trinajstić information content (AvgIpc) is 2.99. The monoisotopic (exact) mass is 424 g/mol. The van der Waals surface area contributed by atoms with Gasteiger partial charge in [0.25, 0.3) is 0 Å². The molecule has 0 aromatic heterocycles. The first-order valence-corrected chi connectivity index (χ1v) is 12.7. The molecule has 1 aliphatic heterocycles. The summed E-state index contributed by atoms with van der Waals surface area (Å²) >= 11 is 3.79. The average molecular weight is 425 g/mol. The molecule has 1 saturated heterocycles. The number of rotatable bonds is 3. The summed E-state index contributed by atoms with van der Waals surface area (Å²) < 4.78 is 13.3. The van der Waals surface area contributed by atoms with Gasteiger partial charge in [0.1, 0.15) is 0 Å². The molecule has 0 saturated carbocycles. The van der Waals surface area contributed by atoms with Gasteiger partial charge in [0.15, 0.2) is 8.32 Å². The van der Waals surface area contributed by atoms with E-state index in [1.807, 2.05) is 6.92 Å². The highest BCUT2D eigenvalue weighted by atomic mass is 79.9. The Hall–Kier alpha value is -0.653. The van der Waals surface area contributed by atoms with Crippen LogP contribution < -0.4 is 0 Å². The lowest BCUT2D eigenvalue weighted by atomic mass is 9.73. The highest BCUT2D eigenvalue weighted by Crippen LogP contribution is 2.54. The maximum absolute atomic E-state index is 12.3. The van der Waals surface area contributed by atoms with Crippen LogP contribution in [-0.2, 0) is 14.0 Å². The van der Waals surface area contributed by atoms with E-state index in [1.54, 1.807) is 0 Å². The number of carbonyl (C=O) groups is 1. The minimum absolute atomic E-state index is 0.0385. The predicted molar refractivity (Wildman–Crippen MR) is 107 cm³/mol. The Morgan fingerprint density at radius 3 is 2.52 bits per heavy atom. The molecule has 25 heavy (non-hydrogen) atoms. The number of carbonyl (C=O) groups excluding carboxylic acids is 1. The van der Waals surface area contributed by atoms with Crippen molar-refractivity contribution >= 4 is 30.2 Å². The molecule has 0 bridgehead atoms. The molecule has 3 rings (SSSR count). The lowest BCUT2D eigenvalue weighted by molar-refractivity contribution is -0.142. The molecular weight excluding hydrogens is 396 g/mol. The van der Waals surface area contributed by atoms with Crippen molar-refractivity contribution in [3.63, 3.8) is 0 Å². The highest BCUT2D eigenvalue weighted by Gasteiger charge is 2.54. The number of allylic oxidation sites excluding steroid dienone is 1. The van der Waals surface area contributed by atoms with Crippen molar-refractivity contribution in [3.05, 3.63) is 34.4 Å². The number of hydrogen-bond donors (Lipinski definition) is 0. The summed E-state index contributed by atoms with van der Waals surface area (Å²) in [5.41, 5.74) is 2.19. The summed E-state index contributed by atoms with van der Waals surface area (Å²) in [6, 6.07) is 0. The number of cyclic esters (lactones) is 1. The van der Waals surface area contributed by atoms with E-state index in [1.165, 1.54) is 0 Å². The van der Waals surface area contributed by atoms with Crippen molar-refractivity contribution in [3.8, 4) is 0 Å². The molecule has 0 aromatic carbocycles. The Labute approximate surface area is 160 Å². The van der Waals surface area contributed by atoms with Gasteiger partial charge in [-0.15, -0.1) is 0 Å². The molecule has 0 amide bonds. The summed E-state index contributed by atoms with van der Waals surface area (Å²) in [4.78, 5) is 12.3. The van der Waals surface area contributed by atoms with Gasteiger partial charge >= 0.3 is 5.97 Å². The van der Waals surface area contributed by atoms with E-state index in [4.69, 9.17) is 9.16 Å². The van der Waals surface area contributed by atoms with Crippen molar-refractivity contribution in [1.29, 1.82) is 0 Å². The Morgan fingerprint density at radius 2 is 1.96 bits per heavy atom. The van der Waals surface area contributed by atoms with Crippen LogP contribution in [0.4, 0.5) is 0 Å². The van der Waals surface area contributed by atoms with E-state index in [-0.39, 0.29) is 40.8 Å². The fraction of sp³-hybridized carbons (Fsp3) is 0.650. The Bertz CT molecular complexity index is 671. The van der Waals surface area contributed by atoms with Crippen LogP contribution in [0.15, 0.2) is 34.4 Å². The standard InChI is InChI=1S/C20H29BrO3Si/c1-11(2)13-9-14-16-12(10-23-19(16)22)8-15(21)17(14)18(13)24-25(6,7)20(3,4)5/h8-9,12,14,16-18H,1,10H2,2-7H3/t12-,14-,16+,17+,18?/m1/s1. The van der Waals surface area contributed by atoms with Gasteiger partial charge in [0, 0.05) is 17.8 Å². The molecule has 1 heterocycles. The summed E-state index contributed by atoms with van der Waals surface area (Å²) in [7, 11) is -1.96. The molecule has 0 N–H and O–H groups in total. The van der Waals surface area contributed by atoms with Crippen molar-refractivity contribution in [2.45, 2.75) is 51.9 Å².